The predicted octanol–water partition coefficient (Wildman–Crippen LogP) is 5.77. The molecule has 0 aliphatic carbocycles. The highest BCUT2D eigenvalue weighted by Gasteiger charge is 2.11. The highest BCUT2D eigenvalue weighted by molar-refractivity contribution is 9.10. The van der Waals surface area contributed by atoms with Crippen molar-refractivity contribution in [3.05, 3.63) is 70.2 Å². The van der Waals surface area contributed by atoms with Gasteiger partial charge in [-0.1, -0.05) is 42.5 Å². The minimum Gasteiger partial charge on any atom is -0.503 e. The average Bonchev–Trinajstić information content (AvgIpc) is 2.63. The quantitative estimate of drug-likeness (QED) is 0.451. The Morgan fingerprint density at radius 3 is 2.72 bits per heavy atom. The van der Waals surface area contributed by atoms with Crippen molar-refractivity contribution in [2.45, 2.75) is 6.92 Å². The second-order valence-corrected chi connectivity index (χ2v) is 6.33. The standard InChI is InChI=1S/C21H16BrNO2/c1-2-25-20-12-14(11-19(22)21(20)24)10-16(13-23)18-9-5-7-15-6-3-4-8-17(15)18/h3-12,24H,2H2,1H3/b16-10-. The molecule has 0 unspecified atom stereocenters. The third kappa shape index (κ3) is 3.52. The maximum Gasteiger partial charge on any atom is 0.172 e. The first-order valence-electron chi connectivity index (χ1n) is 7.89. The molecule has 0 bridgehead atoms. The molecular formula is C21H16BrNO2. The normalized spacial score (nSPS) is 11.3. The van der Waals surface area contributed by atoms with E-state index in [-0.39, 0.29) is 5.75 Å². The maximum absolute atomic E-state index is 10.0. The Morgan fingerprint density at radius 2 is 1.96 bits per heavy atom. The van der Waals surface area contributed by atoms with Crippen molar-refractivity contribution in [3.8, 4) is 17.6 Å². The lowest BCUT2D eigenvalue weighted by Gasteiger charge is -2.10. The number of rotatable bonds is 4. The molecule has 0 aliphatic rings. The van der Waals surface area contributed by atoms with Crippen LogP contribution in [0.5, 0.6) is 11.5 Å². The molecule has 0 atom stereocenters. The van der Waals surface area contributed by atoms with Gasteiger partial charge < -0.3 is 9.84 Å². The number of aromatic hydroxyl groups is 1. The molecule has 0 fully saturated rings. The highest BCUT2D eigenvalue weighted by Crippen LogP contribution is 2.37. The number of phenolic OH excluding ortho intramolecular Hbond substituents is 1. The summed E-state index contributed by atoms with van der Waals surface area (Å²) in [6.45, 7) is 2.30. The van der Waals surface area contributed by atoms with E-state index in [0.29, 0.717) is 22.4 Å². The molecule has 0 saturated heterocycles. The Labute approximate surface area is 154 Å². The number of benzene rings is 3. The van der Waals surface area contributed by atoms with Crippen LogP contribution >= 0.6 is 15.9 Å². The summed E-state index contributed by atoms with van der Waals surface area (Å²) in [5.41, 5.74) is 2.21. The molecule has 4 heteroatoms. The molecule has 3 rings (SSSR count). The van der Waals surface area contributed by atoms with Gasteiger partial charge in [-0.25, -0.2) is 0 Å². The molecule has 3 aromatic carbocycles. The van der Waals surface area contributed by atoms with Crippen LogP contribution in [0.4, 0.5) is 0 Å². The van der Waals surface area contributed by atoms with E-state index < -0.39 is 0 Å². The number of hydrogen-bond acceptors (Lipinski definition) is 3. The molecule has 3 nitrogen and oxygen atoms in total. The van der Waals surface area contributed by atoms with Gasteiger partial charge in [0, 0.05) is 5.56 Å². The van der Waals surface area contributed by atoms with Gasteiger partial charge >= 0.3 is 0 Å². The second-order valence-electron chi connectivity index (χ2n) is 5.48. The minimum atomic E-state index is 0.0580. The first kappa shape index (κ1) is 17.1. The Kier molecular flexibility index (Phi) is 5.06. The summed E-state index contributed by atoms with van der Waals surface area (Å²) in [6.07, 6.45) is 1.80. The van der Waals surface area contributed by atoms with Crippen LogP contribution < -0.4 is 4.74 Å². The van der Waals surface area contributed by atoms with Crippen molar-refractivity contribution in [2.75, 3.05) is 6.61 Å². The lowest BCUT2D eigenvalue weighted by Crippen LogP contribution is -1.93. The van der Waals surface area contributed by atoms with Crippen LogP contribution in [0.1, 0.15) is 18.1 Å². The number of allylic oxidation sites excluding steroid dienone is 1. The van der Waals surface area contributed by atoms with E-state index in [2.05, 4.69) is 22.0 Å². The van der Waals surface area contributed by atoms with E-state index in [1.807, 2.05) is 49.4 Å². The zero-order valence-electron chi connectivity index (χ0n) is 13.7. The Hall–Kier alpha value is -2.77. The third-order valence-electron chi connectivity index (χ3n) is 3.86. The summed E-state index contributed by atoms with van der Waals surface area (Å²) < 4.78 is 5.98. The molecule has 0 amide bonds. The lowest BCUT2D eigenvalue weighted by atomic mass is 9.97. The van der Waals surface area contributed by atoms with Gasteiger partial charge in [0.1, 0.15) is 0 Å². The molecule has 1 N–H and O–H groups in total. The van der Waals surface area contributed by atoms with E-state index in [1.165, 1.54) is 0 Å². The summed E-state index contributed by atoms with van der Waals surface area (Å²) in [5.74, 6) is 0.445. The van der Waals surface area contributed by atoms with Gasteiger partial charge in [-0.15, -0.1) is 0 Å². The molecule has 25 heavy (non-hydrogen) atoms. The number of hydrogen-bond donors (Lipinski definition) is 1. The van der Waals surface area contributed by atoms with Crippen molar-refractivity contribution in [2.24, 2.45) is 0 Å². The highest BCUT2D eigenvalue weighted by atomic mass is 79.9. The van der Waals surface area contributed by atoms with Crippen LogP contribution in [0, 0.1) is 11.3 Å². The molecule has 0 aliphatic heterocycles. The Balaban J connectivity index is 2.14. The van der Waals surface area contributed by atoms with Gasteiger partial charge in [0.15, 0.2) is 11.5 Å². The van der Waals surface area contributed by atoms with Crippen LogP contribution in [0.25, 0.3) is 22.4 Å². The number of nitrogens with zero attached hydrogens (tertiary/aromatic N) is 1. The van der Waals surface area contributed by atoms with Crippen molar-refractivity contribution < 1.29 is 9.84 Å². The van der Waals surface area contributed by atoms with Crippen molar-refractivity contribution >= 4 is 38.4 Å². The summed E-state index contributed by atoms with van der Waals surface area (Å²) in [6, 6.07) is 19.7. The zero-order chi connectivity index (χ0) is 17.8. The van der Waals surface area contributed by atoms with Crippen LogP contribution in [0.3, 0.4) is 0 Å². The fourth-order valence-electron chi connectivity index (χ4n) is 2.74. The third-order valence-corrected chi connectivity index (χ3v) is 4.47. The van der Waals surface area contributed by atoms with Gasteiger partial charge in [-0.2, -0.15) is 5.26 Å². The van der Waals surface area contributed by atoms with E-state index in [4.69, 9.17) is 4.74 Å². The monoisotopic (exact) mass is 393 g/mol. The van der Waals surface area contributed by atoms with Crippen LogP contribution in [0.15, 0.2) is 59.1 Å². The van der Waals surface area contributed by atoms with Gasteiger partial charge in [0.05, 0.1) is 22.7 Å². The van der Waals surface area contributed by atoms with Crippen LogP contribution in [0.2, 0.25) is 0 Å². The molecule has 124 valence electrons. The number of fused-ring (bicyclic) bond motifs is 1. The summed E-state index contributed by atoms with van der Waals surface area (Å²) in [5, 5.41) is 21.8. The lowest BCUT2D eigenvalue weighted by molar-refractivity contribution is 0.317. The van der Waals surface area contributed by atoms with Crippen LogP contribution in [-0.2, 0) is 0 Å². The average molecular weight is 394 g/mol. The SMILES string of the molecule is CCOc1cc(/C=C(/C#N)c2cccc3ccccc23)cc(Br)c1O. The molecule has 0 radical (unpaired) electrons. The predicted molar refractivity (Wildman–Crippen MR) is 104 cm³/mol. The fourth-order valence-corrected chi connectivity index (χ4v) is 3.20. The van der Waals surface area contributed by atoms with E-state index in [1.54, 1.807) is 18.2 Å². The van der Waals surface area contributed by atoms with Gasteiger partial charge in [-0.05, 0) is 57.4 Å². The number of nitriles is 1. The Morgan fingerprint density at radius 1 is 1.20 bits per heavy atom. The zero-order valence-corrected chi connectivity index (χ0v) is 15.2. The molecule has 3 aromatic rings. The van der Waals surface area contributed by atoms with Gasteiger partial charge in [-0.3, -0.25) is 0 Å². The van der Waals surface area contributed by atoms with E-state index in [0.717, 1.165) is 21.9 Å². The summed E-state index contributed by atoms with van der Waals surface area (Å²) in [4.78, 5) is 0. The smallest absolute Gasteiger partial charge is 0.172 e. The number of phenols is 1. The first-order valence-corrected chi connectivity index (χ1v) is 8.68. The molecule has 0 spiro atoms. The van der Waals surface area contributed by atoms with Crippen molar-refractivity contribution in [3.63, 3.8) is 0 Å². The maximum atomic E-state index is 10.0. The molecule has 0 heterocycles. The largest absolute Gasteiger partial charge is 0.503 e. The summed E-state index contributed by atoms with van der Waals surface area (Å²) >= 11 is 3.33. The number of halogens is 1. The van der Waals surface area contributed by atoms with E-state index in [9.17, 15) is 10.4 Å². The second kappa shape index (κ2) is 7.42. The summed E-state index contributed by atoms with van der Waals surface area (Å²) in [7, 11) is 0. The minimum absolute atomic E-state index is 0.0580. The van der Waals surface area contributed by atoms with Crippen molar-refractivity contribution in [1.29, 1.82) is 5.26 Å². The molecule has 0 aromatic heterocycles. The first-order chi connectivity index (χ1) is 12.1. The van der Waals surface area contributed by atoms with Gasteiger partial charge in [0.2, 0.25) is 0 Å². The Bertz CT molecular complexity index is 997. The van der Waals surface area contributed by atoms with Crippen LogP contribution in [-0.4, -0.2) is 11.7 Å². The molecule has 0 saturated carbocycles. The molecular weight excluding hydrogens is 378 g/mol. The topological polar surface area (TPSA) is 53.2 Å². The fraction of sp³-hybridized carbons (Fsp3) is 0.0952. The van der Waals surface area contributed by atoms with E-state index >= 15 is 0 Å². The number of ether oxygens (including phenoxy) is 1. The van der Waals surface area contributed by atoms with Gasteiger partial charge in [0.25, 0.3) is 0 Å². The van der Waals surface area contributed by atoms with Crippen molar-refractivity contribution in [1.82, 2.24) is 0 Å².